The van der Waals surface area contributed by atoms with E-state index >= 15 is 0 Å². The van der Waals surface area contributed by atoms with Crippen molar-refractivity contribution in [3.8, 4) is 0 Å². The van der Waals surface area contributed by atoms with Gasteiger partial charge in [-0.1, -0.05) is 13.2 Å². The Kier molecular flexibility index (Phi) is 11.9. The maximum atomic E-state index is 13.1. The van der Waals surface area contributed by atoms with E-state index in [-0.39, 0.29) is 13.0 Å². The van der Waals surface area contributed by atoms with Gasteiger partial charge in [0, 0.05) is 25.0 Å². The molecule has 1 unspecified atom stereocenters. The zero-order chi connectivity index (χ0) is 28.7. The minimum absolute atomic E-state index is 0.162. The van der Waals surface area contributed by atoms with E-state index in [2.05, 4.69) is 22.6 Å². The number of aliphatic hydroxyl groups is 4. The molecule has 0 fully saturated rings. The van der Waals surface area contributed by atoms with Crippen LogP contribution in [0.5, 0.6) is 0 Å². The molecule has 0 aromatic heterocycles. The van der Waals surface area contributed by atoms with Gasteiger partial charge in [-0.15, -0.1) is 0 Å². The Hall–Kier alpha value is -2.44. The molecular formula is C17H20F10O8. The van der Waals surface area contributed by atoms with Crippen LogP contribution in [0.25, 0.3) is 0 Å². The van der Waals surface area contributed by atoms with Gasteiger partial charge in [-0.3, -0.25) is 0 Å². The first kappa shape index (κ1) is 34.7. The predicted molar refractivity (Wildman–Crippen MR) is 92.2 cm³/mol. The number of rotatable bonds is 11. The number of carbonyl (C=O) groups excluding carboxylic acids is 2. The average Bonchev–Trinajstić information content (AvgIpc) is 2.65. The zero-order valence-electron chi connectivity index (χ0n) is 17.5. The molecule has 0 amide bonds. The molecule has 0 aromatic rings. The fourth-order valence-corrected chi connectivity index (χ4v) is 1.61. The van der Waals surface area contributed by atoms with Crippen molar-refractivity contribution in [1.82, 2.24) is 0 Å². The standard InChI is InChI=1S/C9H11F5O4.C8H9F5O4/c1-2-6(15)18-9(13,14)7(16,17)4-3-5-8(10,11)12;1-3-4(14)17-8(12,13)7(10,11)6(2,9)5(15)16/h2,16-17H,1,3-5H2;3,5,15-16H,1H2,2H3. The lowest BCUT2D eigenvalue weighted by atomic mass is 9.98. The van der Waals surface area contributed by atoms with Crippen LogP contribution in [0.1, 0.15) is 26.2 Å². The molecule has 35 heavy (non-hydrogen) atoms. The summed E-state index contributed by atoms with van der Waals surface area (Å²) in [5.74, 6) is -13.1. The van der Waals surface area contributed by atoms with Crippen LogP contribution in [-0.4, -0.2) is 74.4 Å². The number of halogens is 10. The summed E-state index contributed by atoms with van der Waals surface area (Å²) in [5.41, 5.74) is -4.42. The van der Waals surface area contributed by atoms with Gasteiger partial charge in [-0.25, -0.2) is 14.0 Å². The van der Waals surface area contributed by atoms with E-state index in [1.165, 1.54) is 0 Å². The molecule has 0 saturated heterocycles. The molecule has 0 aromatic carbocycles. The minimum Gasteiger partial charge on any atom is -0.393 e. The van der Waals surface area contributed by atoms with Crippen molar-refractivity contribution in [2.75, 3.05) is 0 Å². The Balaban J connectivity index is 0. The summed E-state index contributed by atoms with van der Waals surface area (Å²) >= 11 is 0. The van der Waals surface area contributed by atoms with Crippen LogP contribution in [0.3, 0.4) is 0 Å². The van der Waals surface area contributed by atoms with E-state index in [4.69, 9.17) is 20.4 Å². The number of ether oxygens (including phenoxy) is 2. The van der Waals surface area contributed by atoms with Crippen molar-refractivity contribution in [3.05, 3.63) is 25.3 Å². The predicted octanol–water partition coefficient (Wildman–Crippen LogP) is 2.70. The van der Waals surface area contributed by atoms with E-state index in [1.54, 1.807) is 0 Å². The van der Waals surface area contributed by atoms with E-state index in [9.17, 15) is 53.5 Å². The first-order valence-corrected chi connectivity index (χ1v) is 8.72. The quantitative estimate of drug-likeness (QED) is 0.136. The number of hydrogen-bond donors (Lipinski definition) is 4. The summed E-state index contributed by atoms with van der Waals surface area (Å²) in [6, 6.07) is 0. The molecular weight excluding hydrogens is 522 g/mol. The van der Waals surface area contributed by atoms with Crippen LogP contribution in [0.15, 0.2) is 25.3 Å². The summed E-state index contributed by atoms with van der Waals surface area (Å²) in [4.78, 5) is 20.9. The van der Waals surface area contributed by atoms with Crippen molar-refractivity contribution in [2.45, 2.75) is 68.2 Å². The molecule has 0 heterocycles. The van der Waals surface area contributed by atoms with Gasteiger partial charge in [-0.2, -0.15) is 39.5 Å². The van der Waals surface area contributed by atoms with Gasteiger partial charge in [-0.05, 0) is 13.3 Å². The molecule has 0 spiro atoms. The monoisotopic (exact) mass is 542 g/mol. The number of hydrogen-bond acceptors (Lipinski definition) is 8. The Labute approximate surface area is 190 Å². The molecule has 0 saturated carbocycles. The summed E-state index contributed by atoms with van der Waals surface area (Å²) in [7, 11) is 0. The molecule has 0 aliphatic heterocycles. The molecule has 206 valence electrons. The number of esters is 2. The lowest BCUT2D eigenvalue weighted by Crippen LogP contribution is -2.61. The summed E-state index contributed by atoms with van der Waals surface area (Å²) in [6.45, 7) is 5.31. The molecule has 1 atom stereocenters. The number of carbonyl (C=O) groups is 2. The van der Waals surface area contributed by atoms with Crippen molar-refractivity contribution >= 4 is 11.9 Å². The van der Waals surface area contributed by atoms with E-state index in [0.717, 1.165) is 0 Å². The Bertz CT molecular complexity index is 748. The second kappa shape index (κ2) is 12.0. The molecule has 0 aliphatic carbocycles. The van der Waals surface area contributed by atoms with Crippen molar-refractivity contribution in [1.29, 1.82) is 0 Å². The van der Waals surface area contributed by atoms with Crippen LogP contribution in [-0.2, 0) is 19.1 Å². The first-order valence-electron chi connectivity index (χ1n) is 8.72. The van der Waals surface area contributed by atoms with Crippen LogP contribution < -0.4 is 0 Å². The van der Waals surface area contributed by atoms with Crippen molar-refractivity contribution in [3.63, 3.8) is 0 Å². The van der Waals surface area contributed by atoms with Gasteiger partial charge in [0.2, 0.25) is 5.67 Å². The highest BCUT2D eigenvalue weighted by Crippen LogP contribution is 2.46. The van der Waals surface area contributed by atoms with Crippen molar-refractivity contribution in [2.24, 2.45) is 0 Å². The SMILES string of the molecule is C=CC(=O)OC(F)(F)C(F)(F)C(C)(F)C(O)O.C=CC(=O)OC(F)(F)C(O)(O)CCCC(F)(F)F. The third-order valence-electron chi connectivity index (χ3n) is 3.71. The maximum Gasteiger partial charge on any atom is 0.470 e. The van der Waals surface area contributed by atoms with Crippen LogP contribution in [0.4, 0.5) is 43.9 Å². The van der Waals surface area contributed by atoms with Gasteiger partial charge in [0.15, 0.2) is 6.29 Å². The fraction of sp³-hybridized carbons (Fsp3) is 0.647. The Morgan fingerprint density at radius 3 is 1.49 bits per heavy atom. The lowest BCUT2D eigenvalue weighted by molar-refractivity contribution is -0.383. The topological polar surface area (TPSA) is 134 Å². The van der Waals surface area contributed by atoms with E-state index < -0.39 is 73.3 Å². The normalized spacial score (nSPS) is 14.9. The zero-order valence-corrected chi connectivity index (χ0v) is 17.5. The van der Waals surface area contributed by atoms with Crippen LogP contribution in [0.2, 0.25) is 0 Å². The fourth-order valence-electron chi connectivity index (χ4n) is 1.61. The highest BCUT2D eigenvalue weighted by atomic mass is 19.4. The molecule has 0 bridgehead atoms. The summed E-state index contributed by atoms with van der Waals surface area (Å²) in [5, 5.41) is 34.4. The molecule has 18 heteroatoms. The van der Waals surface area contributed by atoms with Gasteiger partial charge in [0.25, 0.3) is 5.79 Å². The Morgan fingerprint density at radius 1 is 0.800 bits per heavy atom. The third-order valence-corrected chi connectivity index (χ3v) is 3.71. The summed E-state index contributed by atoms with van der Waals surface area (Å²) in [6.07, 6.45) is -21.5. The van der Waals surface area contributed by atoms with E-state index in [0.29, 0.717) is 6.08 Å². The van der Waals surface area contributed by atoms with Gasteiger partial charge in [0.1, 0.15) is 0 Å². The highest BCUT2D eigenvalue weighted by molar-refractivity contribution is 5.81. The van der Waals surface area contributed by atoms with Gasteiger partial charge >= 0.3 is 36.3 Å². The number of aliphatic hydroxyl groups excluding tert-OH is 1. The van der Waals surface area contributed by atoms with Gasteiger partial charge in [0.05, 0.1) is 0 Å². The molecule has 0 rings (SSSR count). The molecule has 4 N–H and O–H groups in total. The maximum absolute atomic E-state index is 13.1. The van der Waals surface area contributed by atoms with Gasteiger partial charge < -0.3 is 29.9 Å². The van der Waals surface area contributed by atoms with Crippen molar-refractivity contribution < 1.29 is 83.4 Å². The first-order chi connectivity index (χ1) is 15.3. The molecule has 0 aliphatic rings. The minimum atomic E-state index is -5.65. The third kappa shape index (κ3) is 9.98. The average molecular weight is 542 g/mol. The van der Waals surface area contributed by atoms with Crippen LogP contribution in [0, 0.1) is 0 Å². The lowest BCUT2D eigenvalue weighted by Gasteiger charge is -2.34. The van der Waals surface area contributed by atoms with Crippen LogP contribution >= 0.6 is 0 Å². The molecule has 0 radical (unpaired) electrons. The Morgan fingerprint density at radius 2 is 1.17 bits per heavy atom. The largest absolute Gasteiger partial charge is 0.470 e. The smallest absolute Gasteiger partial charge is 0.393 e. The second-order valence-electron chi connectivity index (χ2n) is 6.59. The summed E-state index contributed by atoms with van der Waals surface area (Å²) < 4.78 is 132. The second-order valence-corrected chi connectivity index (χ2v) is 6.59. The highest BCUT2D eigenvalue weighted by Gasteiger charge is 2.73. The molecule has 8 nitrogen and oxygen atoms in total. The van der Waals surface area contributed by atoms with E-state index in [1.807, 2.05) is 0 Å². The number of alkyl halides is 10.